The number of hydrogen-bond donors (Lipinski definition) is 1. The molecule has 1 N–H and O–H groups in total. The van der Waals surface area contributed by atoms with Crippen molar-refractivity contribution >= 4 is 11.7 Å². The van der Waals surface area contributed by atoms with E-state index in [-0.39, 0.29) is 17.8 Å². The van der Waals surface area contributed by atoms with E-state index in [1.54, 1.807) is 31.4 Å². The molecule has 1 unspecified atom stereocenters. The Morgan fingerprint density at radius 3 is 2.81 bits per heavy atom. The summed E-state index contributed by atoms with van der Waals surface area (Å²) in [6.45, 7) is 1.47. The predicted molar refractivity (Wildman–Crippen MR) is 118 cm³/mol. The lowest BCUT2D eigenvalue weighted by molar-refractivity contribution is -0.121. The van der Waals surface area contributed by atoms with Crippen LogP contribution in [0, 0.1) is 5.82 Å². The molecule has 1 saturated heterocycles. The lowest BCUT2D eigenvalue weighted by Gasteiger charge is -2.17. The standard InChI is InChI=1S/C24H25FN4O2/c1-31-19-6-4-5-17(15-19)9-12-24(30)26-18-13-14-29(16-18)23-11-10-22(27-28-23)20-7-2-3-8-21(20)25/h2-8,10-11,15,18H,9,12-14,16H2,1H3,(H,26,30). The molecule has 0 saturated carbocycles. The van der Waals surface area contributed by atoms with Crippen molar-refractivity contribution in [3.8, 4) is 17.0 Å². The second-order valence-electron chi connectivity index (χ2n) is 7.61. The Hall–Kier alpha value is -3.48. The number of halogens is 1. The minimum absolute atomic E-state index is 0.0376. The molecule has 4 rings (SSSR count). The lowest BCUT2D eigenvalue weighted by atomic mass is 10.1. The highest BCUT2D eigenvalue weighted by atomic mass is 19.1. The van der Waals surface area contributed by atoms with Crippen LogP contribution in [0.2, 0.25) is 0 Å². The summed E-state index contributed by atoms with van der Waals surface area (Å²) in [6.07, 6.45) is 1.95. The van der Waals surface area contributed by atoms with Gasteiger partial charge >= 0.3 is 0 Å². The first-order valence-electron chi connectivity index (χ1n) is 10.4. The fourth-order valence-electron chi connectivity index (χ4n) is 3.78. The number of nitrogens with one attached hydrogen (secondary N) is 1. The van der Waals surface area contributed by atoms with E-state index in [0.29, 0.717) is 30.6 Å². The van der Waals surface area contributed by atoms with Gasteiger partial charge in [-0.2, -0.15) is 0 Å². The first kappa shape index (κ1) is 20.8. The fraction of sp³-hybridized carbons (Fsp3) is 0.292. The molecule has 2 aromatic carbocycles. The Bertz CT molecular complexity index is 1040. The van der Waals surface area contributed by atoms with Crippen LogP contribution in [0.15, 0.2) is 60.7 Å². The quantitative estimate of drug-likeness (QED) is 0.632. The number of anilines is 1. The van der Waals surface area contributed by atoms with Gasteiger partial charge in [0.25, 0.3) is 0 Å². The van der Waals surface area contributed by atoms with Gasteiger partial charge in [-0.25, -0.2) is 4.39 Å². The van der Waals surface area contributed by atoms with Crippen LogP contribution < -0.4 is 15.0 Å². The summed E-state index contributed by atoms with van der Waals surface area (Å²) in [4.78, 5) is 14.5. The van der Waals surface area contributed by atoms with Crippen LogP contribution in [-0.2, 0) is 11.2 Å². The fourth-order valence-corrected chi connectivity index (χ4v) is 3.78. The zero-order valence-electron chi connectivity index (χ0n) is 17.4. The van der Waals surface area contributed by atoms with Gasteiger partial charge in [0.2, 0.25) is 5.91 Å². The van der Waals surface area contributed by atoms with Crippen LogP contribution in [0.4, 0.5) is 10.2 Å². The van der Waals surface area contributed by atoms with E-state index in [9.17, 15) is 9.18 Å². The third-order valence-corrected chi connectivity index (χ3v) is 5.45. The van der Waals surface area contributed by atoms with Crippen molar-refractivity contribution in [3.05, 3.63) is 72.0 Å². The average Bonchev–Trinajstić information content (AvgIpc) is 3.27. The zero-order chi connectivity index (χ0) is 21.6. The topological polar surface area (TPSA) is 67.3 Å². The number of hydrogen-bond acceptors (Lipinski definition) is 5. The number of ether oxygens (including phenoxy) is 1. The largest absolute Gasteiger partial charge is 0.497 e. The van der Waals surface area contributed by atoms with Crippen molar-refractivity contribution in [2.24, 2.45) is 0 Å². The van der Waals surface area contributed by atoms with Crippen LogP contribution in [-0.4, -0.2) is 42.3 Å². The highest BCUT2D eigenvalue weighted by Crippen LogP contribution is 2.23. The monoisotopic (exact) mass is 420 g/mol. The molecule has 0 bridgehead atoms. The normalized spacial score (nSPS) is 15.7. The number of carbonyl (C=O) groups excluding carboxylic acids is 1. The van der Waals surface area contributed by atoms with Gasteiger partial charge in [-0.3, -0.25) is 4.79 Å². The van der Waals surface area contributed by atoms with Crippen molar-refractivity contribution in [3.63, 3.8) is 0 Å². The summed E-state index contributed by atoms with van der Waals surface area (Å²) >= 11 is 0. The molecule has 1 aromatic heterocycles. The predicted octanol–water partition coefficient (Wildman–Crippen LogP) is 3.62. The van der Waals surface area contributed by atoms with Crippen molar-refractivity contribution in [2.45, 2.75) is 25.3 Å². The number of aryl methyl sites for hydroxylation is 1. The number of rotatable bonds is 7. The summed E-state index contributed by atoms with van der Waals surface area (Å²) in [7, 11) is 1.63. The molecule has 7 heteroatoms. The molecule has 3 aromatic rings. The van der Waals surface area contributed by atoms with Crippen LogP contribution in [0.3, 0.4) is 0 Å². The van der Waals surface area contributed by atoms with Gasteiger partial charge < -0.3 is 15.0 Å². The Morgan fingerprint density at radius 2 is 2.03 bits per heavy atom. The molecule has 0 spiro atoms. The Labute approximate surface area is 181 Å². The zero-order valence-corrected chi connectivity index (χ0v) is 17.4. The molecule has 1 amide bonds. The molecule has 1 fully saturated rings. The SMILES string of the molecule is COc1cccc(CCC(=O)NC2CCN(c3ccc(-c4ccccc4F)nn3)C2)c1. The minimum Gasteiger partial charge on any atom is -0.497 e. The van der Waals surface area contributed by atoms with E-state index < -0.39 is 0 Å². The van der Waals surface area contributed by atoms with E-state index >= 15 is 0 Å². The first-order valence-corrected chi connectivity index (χ1v) is 10.4. The van der Waals surface area contributed by atoms with E-state index in [1.165, 1.54) is 6.07 Å². The smallest absolute Gasteiger partial charge is 0.220 e. The molecular formula is C24H25FN4O2. The number of methoxy groups -OCH3 is 1. The van der Waals surface area contributed by atoms with Gasteiger partial charge in [-0.15, -0.1) is 10.2 Å². The maximum atomic E-state index is 13.9. The van der Waals surface area contributed by atoms with Gasteiger partial charge in [0, 0.05) is 31.1 Å². The summed E-state index contributed by atoms with van der Waals surface area (Å²) < 4.78 is 19.2. The molecule has 1 aliphatic heterocycles. The second-order valence-corrected chi connectivity index (χ2v) is 7.61. The van der Waals surface area contributed by atoms with Gasteiger partial charge in [0.15, 0.2) is 5.82 Å². The van der Waals surface area contributed by atoms with Crippen molar-refractivity contribution in [1.82, 2.24) is 15.5 Å². The molecule has 1 atom stereocenters. The molecular weight excluding hydrogens is 395 g/mol. The third-order valence-electron chi connectivity index (χ3n) is 5.45. The summed E-state index contributed by atoms with van der Waals surface area (Å²) in [5.74, 6) is 1.25. The Morgan fingerprint density at radius 1 is 1.16 bits per heavy atom. The van der Waals surface area contributed by atoms with E-state index in [2.05, 4.69) is 20.4 Å². The maximum absolute atomic E-state index is 13.9. The van der Waals surface area contributed by atoms with E-state index in [0.717, 1.165) is 30.1 Å². The maximum Gasteiger partial charge on any atom is 0.220 e. The molecule has 0 radical (unpaired) electrons. The molecule has 2 heterocycles. The minimum atomic E-state index is -0.317. The van der Waals surface area contributed by atoms with Gasteiger partial charge in [-0.05, 0) is 54.8 Å². The summed E-state index contributed by atoms with van der Waals surface area (Å²) in [6, 6.07) is 18.0. The van der Waals surface area contributed by atoms with Crippen molar-refractivity contribution in [2.75, 3.05) is 25.1 Å². The highest BCUT2D eigenvalue weighted by molar-refractivity contribution is 5.76. The number of amides is 1. The average molecular weight is 420 g/mol. The van der Waals surface area contributed by atoms with Crippen LogP contribution >= 0.6 is 0 Å². The number of carbonyl (C=O) groups is 1. The lowest BCUT2D eigenvalue weighted by Crippen LogP contribution is -2.37. The van der Waals surface area contributed by atoms with Gasteiger partial charge in [0.1, 0.15) is 11.6 Å². The second kappa shape index (κ2) is 9.55. The molecule has 160 valence electrons. The van der Waals surface area contributed by atoms with Crippen molar-refractivity contribution in [1.29, 1.82) is 0 Å². The number of benzene rings is 2. The number of aromatic nitrogens is 2. The molecule has 6 nitrogen and oxygen atoms in total. The first-order chi connectivity index (χ1) is 15.1. The van der Waals surface area contributed by atoms with Gasteiger partial charge in [0.05, 0.1) is 12.8 Å². The van der Waals surface area contributed by atoms with Crippen LogP contribution in [0.25, 0.3) is 11.3 Å². The summed E-state index contributed by atoms with van der Waals surface area (Å²) in [5.41, 5.74) is 2.01. The Kier molecular flexibility index (Phi) is 6.40. The van der Waals surface area contributed by atoms with Crippen LogP contribution in [0.1, 0.15) is 18.4 Å². The van der Waals surface area contributed by atoms with Crippen molar-refractivity contribution < 1.29 is 13.9 Å². The molecule has 1 aliphatic rings. The van der Waals surface area contributed by atoms with E-state index in [4.69, 9.17) is 4.74 Å². The third kappa shape index (κ3) is 5.17. The van der Waals surface area contributed by atoms with E-state index in [1.807, 2.05) is 30.3 Å². The highest BCUT2D eigenvalue weighted by Gasteiger charge is 2.25. The molecule has 0 aliphatic carbocycles. The van der Waals surface area contributed by atoms with Crippen LogP contribution in [0.5, 0.6) is 5.75 Å². The Balaban J connectivity index is 1.29. The molecule has 31 heavy (non-hydrogen) atoms. The number of nitrogens with zero attached hydrogens (tertiary/aromatic N) is 3. The van der Waals surface area contributed by atoms with Gasteiger partial charge in [-0.1, -0.05) is 24.3 Å². The summed E-state index contributed by atoms with van der Waals surface area (Å²) in [5, 5.41) is 11.6.